The van der Waals surface area contributed by atoms with Gasteiger partial charge in [0.2, 0.25) is 0 Å². The van der Waals surface area contributed by atoms with Gasteiger partial charge in [0.1, 0.15) is 5.82 Å². The van der Waals surface area contributed by atoms with Gasteiger partial charge in [-0.1, -0.05) is 30.7 Å². The van der Waals surface area contributed by atoms with E-state index in [-0.39, 0.29) is 10.8 Å². The highest BCUT2D eigenvalue weighted by molar-refractivity contribution is 6.30. The Labute approximate surface area is 125 Å². The van der Waals surface area contributed by atoms with Crippen LogP contribution in [0.15, 0.2) is 18.2 Å². The van der Waals surface area contributed by atoms with Crippen molar-refractivity contribution in [3.05, 3.63) is 34.6 Å². The van der Waals surface area contributed by atoms with Crippen molar-refractivity contribution in [2.75, 3.05) is 19.8 Å². The maximum Gasteiger partial charge on any atom is 0.145 e. The Kier molecular flexibility index (Phi) is 6.27. The second-order valence-electron chi connectivity index (χ2n) is 5.43. The number of halogens is 2. The number of ether oxygens (including phenoxy) is 1. The molecule has 1 aromatic carbocycles. The highest BCUT2D eigenvalue weighted by Crippen LogP contribution is 2.25. The van der Waals surface area contributed by atoms with E-state index >= 15 is 0 Å². The van der Waals surface area contributed by atoms with E-state index < -0.39 is 0 Å². The zero-order valence-electron chi connectivity index (χ0n) is 12.0. The molecular formula is C16H23ClFNO. The van der Waals surface area contributed by atoms with Gasteiger partial charge in [-0.25, -0.2) is 4.39 Å². The van der Waals surface area contributed by atoms with E-state index in [1.54, 1.807) is 6.07 Å². The minimum atomic E-state index is -0.274. The van der Waals surface area contributed by atoms with Crippen LogP contribution >= 0.6 is 11.6 Å². The first-order valence-electron chi connectivity index (χ1n) is 7.46. The van der Waals surface area contributed by atoms with Crippen molar-refractivity contribution >= 4 is 11.6 Å². The summed E-state index contributed by atoms with van der Waals surface area (Å²) in [4.78, 5) is 0. The van der Waals surface area contributed by atoms with Gasteiger partial charge < -0.3 is 10.1 Å². The molecule has 1 aromatic rings. The molecule has 0 amide bonds. The van der Waals surface area contributed by atoms with Crippen LogP contribution in [-0.4, -0.2) is 25.8 Å². The minimum absolute atomic E-state index is 0.212. The van der Waals surface area contributed by atoms with Crippen molar-refractivity contribution in [1.82, 2.24) is 5.32 Å². The average Bonchev–Trinajstić information content (AvgIpc) is 2.48. The van der Waals surface area contributed by atoms with Gasteiger partial charge in [-0.15, -0.1) is 0 Å². The molecule has 1 heterocycles. The molecule has 2 nitrogen and oxygen atoms in total. The second-order valence-corrected chi connectivity index (χ2v) is 5.83. The monoisotopic (exact) mass is 299 g/mol. The molecule has 1 fully saturated rings. The summed E-state index contributed by atoms with van der Waals surface area (Å²) in [5, 5.41) is 3.78. The molecule has 1 saturated heterocycles. The Balaban J connectivity index is 2.07. The van der Waals surface area contributed by atoms with Gasteiger partial charge >= 0.3 is 0 Å². The lowest BCUT2D eigenvalue weighted by Crippen LogP contribution is -2.41. The largest absolute Gasteiger partial charge is 0.381 e. The summed E-state index contributed by atoms with van der Waals surface area (Å²) >= 11 is 5.87. The van der Waals surface area contributed by atoms with E-state index in [1.165, 1.54) is 0 Å². The molecule has 1 unspecified atom stereocenters. The van der Waals surface area contributed by atoms with E-state index in [9.17, 15) is 4.39 Å². The fourth-order valence-electron chi connectivity index (χ4n) is 2.80. The quantitative estimate of drug-likeness (QED) is 0.862. The Morgan fingerprint density at radius 3 is 2.85 bits per heavy atom. The van der Waals surface area contributed by atoms with Gasteiger partial charge in [0.15, 0.2) is 0 Å². The number of benzene rings is 1. The SMILES string of the molecule is CCCNC(Cc1cccc(Cl)c1F)C1CCOCC1. The first-order valence-corrected chi connectivity index (χ1v) is 7.84. The lowest BCUT2D eigenvalue weighted by atomic mass is 9.87. The van der Waals surface area contributed by atoms with E-state index in [1.807, 2.05) is 12.1 Å². The third-order valence-corrected chi connectivity index (χ3v) is 4.25. The molecule has 2 rings (SSSR count). The Morgan fingerprint density at radius 2 is 2.15 bits per heavy atom. The lowest BCUT2D eigenvalue weighted by molar-refractivity contribution is 0.0537. The molecule has 20 heavy (non-hydrogen) atoms. The predicted octanol–water partition coefficient (Wildman–Crippen LogP) is 3.82. The van der Waals surface area contributed by atoms with Gasteiger partial charge in [0.25, 0.3) is 0 Å². The second kappa shape index (κ2) is 7.96. The van der Waals surface area contributed by atoms with Crippen LogP contribution in [0.3, 0.4) is 0 Å². The van der Waals surface area contributed by atoms with Crippen LogP contribution in [0.1, 0.15) is 31.7 Å². The Hall–Kier alpha value is -0.640. The molecule has 112 valence electrons. The molecule has 1 atom stereocenters. The zero-order chi connectivity index (χ0) is 14.4. The van der Waals surface area contributed by atoms with Crippen molar-refractivity contribution in [2.45, 2.75) is 38.6 Å². The molecule has 1 N–H and O–H groups in total. The fraction of sp³-hybridized carbons (Fsp3) is 0.625. The van der Waals surface area contributed by atoms with Crippen LogP contribution in [0, 0.1) is 11.7 Å². The topological polar surface area (TPSA) is 21.3 Å². The van der Waals surface area contributed by atoms with Crippen molar-refractivity contribution in [1.29, 1.82) is 0 Å². The normalized spacial score (nSPS) is 18.1. The van der Waals surface area contributed by atoms with Crippen LogP contribution in [-0.2, 0) is 11.2 Å². The van der Waals surface area contributed by atoms with Gasteiger partial charge in [0.05, 0.1) is 5.02 Å². The molecule has 0 saturated carbocycles. The van der Waals surface area contributed by atoms with Gasteiger partial charge in [0, 0.05) is 19.3 Å². The maximum absolute atomic E-state index is 14.1. The van der Waals surface area contributed by atoms with Crippen molar-refractivity contribution in [3.8, 4) is 0 Å². The Bertz CT molecular complexity index is 421. The first kappa shape index (κ1) is 15.7. The summed E-state index contributed by atoms with van der Waals surface area (Å²) in [6, 6.07) is 5.55. The van der Waals surface area contributed by atoms with Crippen LogP contribution < -0.4 is 5.32 Å². The van der Waals surface area contributed by atoms with E-state index in [2.05, 4.69) is 12.2 Å². The molecular weight excluding hydrogens is 277 g/mol. The number of nitrogens with one attached hydrogen (secondary N) is 1. The van der Waals surface area contributed by atoms with Crippen LogP contribution in [0.5, 0.6) is 0 Å². The zero-order valence-corrected chi connectivity index (χ0v) is 12.8. The molecule has 0 aromatic heterocycles. The average molecular weight is 300 g/mol. The lowest BCUT2D eigenvalue weighted by Gasteiger charge is -2.31. The molecule has 1 aliphatic heterocycles. The smallest absolute Gasteiger partial charge is 0.145 e. The highest BCUT2D eigenvalue weighted by Gasteiger charge is 2.24. The third-order valence-electron chi connectivity index (χ3n) is 3.96. The summed E-state index contributed by atoms with van der Waals surface area (Å²) in [5.74, 6) is 0.276. The number of rotatable bonds is 6. The summed E-state index contributed by atoms with van der Waals surface area (Å²) in [7, 11) is 0. The molecule has 0 radical (unpaired) electrons. The summed E-state index contributed by atoms with van der Waals surface area (Å²) in [6.45, 7) is 4.73. The van der Waals surface area contributed by atoms with Crippen molar-refractivity contribution in [2.24, 2.45) is 5.92 Å². The minimum Gasteiger partial charge on any atom is -0.381 e. The van der Waals surface area contributed by atoms with Crippen LogP contribution in [0.2, 0.25) is 5.02 Å². The Morgan fingerprint density at radius 1 is 1.40 bits per heavy atom. The molecule has 4 heteroatoms. The van der Waals surface area contributed by atoms with Crippen molar-refractivity contribution < 1.29 is 9.13 Å². The number of hydrogen-bond acceptors (Lipinski definition) is 2. The third kappa shape index (κ3) is 4.18. The summed E-state index contributed by atoms with van der Waals surface area (Å²) < 4.78 is 19.5. The molecule has 1 aliphatic rings. The summed E-state index contributed by atoms with van der Waals surface area (Å²) in [5.41, 5.74) is 0.706. The predicted molar refractivity (Wildman–Crippen MR) is 80.7 cm³/mol. The van der Waals surface area contributed by atoms with Gasteiger partial charge in [-0.2, -0.15) is 0 Å². The summed E-state index contributed by atoms with van der Waals surface area (Å²) in [6.07, 6.45) is 3.86. The van der Waals surface area contributed by atoms with Gasteiger partial charge in [-0.05, 0) is 49.8 Å². The van der Waals surface area contributed by atoms with Crippen LogP contribution in [0.4, 0.5) is 4.39 Å². The highest BCUT2D eigenvalue weighted by atomic mass is 35.5. The van der Waals surface area contributed by atoms with E-state index in [0.29, 0.717) is 23.9 Å². The number of hydrogen-bond donors (Lipinski definition) is 1. The fourth-order valence-corrected chi connectivity index (χ4v) is 2.99. The van der Waals surface area contributed by atoms with E-state index in [0.717, 1.165) is 39.0 Å². The van der Waals surface area contributed by atoms with E-state index in [4.69, 9.17) is 16.3 Å². The standard InChI is InChI=1S/C16H23ClFNO/c1-2-8-19-15(12-6-9-20-10-7-12)11-13-4-3-5-14(17)16(13)18/h3-5,12,15,19H,2,6-11H2,1H3. The van der Waals surface area contributed by atoms with Gasteiger partial charge in [-0.3, -0.25) is 0 Å². The van der Waals surface area contributed by atoms with Crippen LogP contribution in [0.25, 0.3) is 0 Å². The molecule has 0 bridgehead atoms. The molecule has 0 spiro atoms. The molecule has 0 aliphatic carbocycles. The first-order chi connectivity index (χ1) is 9.72. The maximum atomic E-state index is 14.1. The van der Waals surface area contributed by atoms with Crippen molar-refractivity contribution in [3.63, 3.8) is 0 Å².